The van der Waals surface area contributed by atoms with Crippen molar-refractivity contribution in [3.05, 3.63) is 21.8 Å². The molecule has 0 saturated carbocycles. The minimum atomic E-state index is -3.47. The van der Waals surface area contributed by atoms with E-state index in [0.29, 0.717) is 0 Å². The van der Waals surface area contributed by atoms with Gasteiger partial charge >= 0.3 is 189 Å². The van der Waals surface area contributed by atoms with Crippen molar-refractivity contribution in [2.75, 3.05) is 13.2 Å². The van der Waals surface area contributed by atoms with Gasteiger partial charge < -0.3 is 0 Å². The van der Waals surface area contributed by atoms with Gasteiger partial charge in [0.2, 0.25) is 0 Å². The van der Waals surface area contributed by atoms with Gasteiger partial charge in [-0.2, -0.15) is 0 Å². The van der Waals surface area contributed by atoms with E-state index in [9.17, 15) is 19.2 Å². The van der Waals surface area contributed by atoms with Gasteiger partial charge in [0.05, 0.1) is 0 Å². The SMILES string of the molecule is CCOC(=O)[C@@H](C)Oc1cccc(O[C@H](C)C(=O)OCC)c1I(OC(C)=O)OC(C)=O. The topological polar surface area (TPSA) is 124 Å². The minimum absolute atomic E-state index is 0.0989. The summed E-state index contributed by atoms with van der Waals surface area (Å²) in [5.74, 6) is -2.38. The van der Waals surface area contributed by atoms with Crippen LogP contribution in [0.15, 0.2) is 18.2 Å². The summed E-state index contributed by atoms with van der Waals surface area (Å²) in [6.07, 6.45) is -2.02. The van der Waals surface area contributed by atoms with Crippen molar-refractivity contribution in [2.45, 2.75) is 53.8 Å². The van der Waals surface area contributed by atoms with Crippen LogP contribution in [-0.4, -0.2) is 49.3 Å². The van der Waals surface area contributed by atoms with Gasteiger partial charge in [0, 0.05) is 0 Å². The van der Waals surface area contributed by atoms with Crippen molar-refractivity contribution in [1.29, 1.82) is 0 Å². The van der Waals surface area contributed by atoms with Crippen LogP contribution in [0.3, 0.4) is 0 Å². The first-order valence-electron chi connectivity index (χ1n) is 9.48. The van der Waals surface area contributed by atoms with Gasteiger partial charge in [-0.25, -0.2) is 0 Å². The van der Waals surface area contributed by atoms with Crippen molar-refractivity contribution in [2.24, 2.45) is 0 Å². The third-order valence-electron chi connectivity index (χ3n) is 3.28. The molecule has 0 aliphatic rings. The standard InChI is InChI=1S/C20H27IO10/c1-7-26-19(24)12(3)28-16-10-9-11-17(29-13(4)20(25)27-8-2)18(16)21(30-14(5)22)31-15(6)23/h9-13H,7-8H2,1-6H3/t12-,13-/m1/s1. The zero-order valence-electron chi connectivity index (χ0n) is 18.3. The molecule has 0 aliphatic carbocycles. The Morgan fingerprint density at radius 3 is 1.52 bits per heavy atom. The second-order valence-electron chi connectivity index (χ2n) is 5.95. The Kier molecular flexibility index (Phi) is 11.1. The number of benzene rings is 1. The van der Waals surface area contributed by atoms with Gasteiger partial charge in [0.15, 0.2) is 0 Å². The van der Waals surface area contributed by atoms with Gasteiger partial charge in [-0.1, -0.05) is 0 Å². The van der Waals surface area contributed by atoms with Crippen molar-refractivity contribution >= 4 is 44.5 Å². The quantitative estimate of drug-likeness (QED) is 0.298. The van der Waals surface area contributed by atoms with Crippen LogP contribution in [0.4, 0.5) is 0 Å². The van der Waals surface area contributed by atoms with E-state index in [1.165, 1.54) is 39.8 Å². The van der Waals surface area contributed by atoms with Crippen molar-refractivity contribution in [1.82, 2.24) is 0 Å². The molecule has 0 fully saturated rings. The molecule has 0 heterocycles. The zero-order chi connectivity index (χ0) is 23.6. The van der Waals surface area contributed by atoms with Crippen molar-refractivity contribution in [3.8, 4) is 11.5 Å². The summed E-state index contributed by atoms with van der Waals surface area (Å²) < 4.78 is 32.1. The van der Waals surface area contributed by atoms with Gasteiger partial charge in [-0.3, -0.25) is 0 Å². The van der Waals surface area contributed by atoms with Crippen LogP contribution < -0.4 is 9.47 Å². The van der Waals surface area contributed by atoms with Gasteiger partial charge in [0.25, 0.3) is 0 Å². The van der Waals surface area contributed by atoms with Crippen LogP contribution in [0.1, 0.15) is 41.5 Å². The molecule has 0 bridgehead atoms. The Morgan fingerprint density at radius 1 is 0.806 bits per heavy atom. The summed E-state index contributed by atoms with van der Waals surface area (Å²) in [5, 5.41) is 0. The predicted octanol–water partition coefficient (Wildman–Crippen LogP) is 2.98. The molecular weight excluding hydrogens is 527 g/mol. The molecule has 1 aromatic carbocycles. The van der Waals surface area contributed by atoms with Crippen LogP contribution in [0.2, 0.25) is 0 Å². The number of hydrogen-bond acceptors (Lipinski definition) is 10. The van der Waals surface area contributed by atoms with E-state index in [1.807, 2.05) is 0 Å². The second kappa shape index (κ2) is 13.0. The van der Waals surface area contributed by atoms with Gasteiger partial charge in [-0.05, 0) is 0 Å². The number of hydrogen-bond donors (Lipinski definition) is 0. The molecule has 0 saturated heterocycles. The number of esters is 2. The summed E-state index contributed by atoms with van der Waals surface area (Å²) in [6, 6.07) is 4.56. The Morgan fingerprint density at radius 2 is 1.19 bits per heavy atom. The molecule has 0 radical (unpaired) electrons. The number of rotatable bonds is 11. The summed E-state index contributed by atoms with van der Waals surface area (Å²) in [7, 11) is 0. The predicted molar refractivity (Wildman–Crippen MR) is 116 cm³/mol. The first-order chi connectivity index (χ1) is 14.6. The second-order valence-corrected chi connectivity index (χ2v) is 9.15. The van der Waals surface area contributed by atoms with Crippen LogP contribution in [-0.2, 0) is 34.8 Å². The Balaban J connectivity index is 3.44. The summed E-state index contributed by atoms with van der Waals surface area (Å²) >= 11 is -3.47. The molecule has 1 aromatic rings. The third-order valence-corrected chi connectivity index (χ3v) is 7.27. The third kappa shape index (κ3) is 8.59. The Hall–Kier alpha value is -2.57. The van der Waals surface area contributed by atoms with E-state index in [1.54, 1.807) is 19.9 Å². The van der Waals surface area contributed by atoms with E-state index >= 15 is 0 Å². The molecule has 174 valence electrons. The zero-order valence-corrected chi connectivity index (χ0v) is 20.4. The monoisotopic (exact) mass is 554 g/mol. The fraction of sp³-hybridized carbons (Fsp3) is 0.500. The molecule has 0 aliphatic heterocycles. The number of carbonyl (C=O) groups is 4. The van der Waals surface area contributed by atoms with E-state index < -0.39 is 56.7 Å². The molecule has 11 heteroatoms. The molecule has 31 heavy (non-hydrogen) atoms. The maximum atomic E-state index is 12.0. The average molecular weight is 554 g/mol. The summed E-state index contributed by atoms with van der Waals surface area (Å²) in [6.45, 7) is 8.94. The van der Waals surface area contributed by atoms with Crippen molar-refractivity contribution in [3.63, 3.8) is 0 Å². The van der Waals surface area contributed by atoms with E-state index in [-0.39, 0.29) is 28.3 Å². The van der Waals surface area contributed by atoms with Crippen LogP contribution in [0.25, 0.3) is 0 Å². The maximum absolute atomic E-state index is 12.0. The molecule has 0 aromatic heterocycles. The number of carbonyl (C=O) groups excluding carboxylic acids is 4. The molecule has 2 atom stereocenters. The number of halogens is 1. The molecule has 0 N–H and O–H groups in total. The molecule has 10 nitrogen and oxygen atoms in total. The van der Waals surface area contributed by atoms with E-state index in [4.69, 9.17) is 25.1 Å². The Labute approximate surface area is 188 Å². The average Bonchev–Trinajstić information content (AvgIpc) is 2.67. The summed E-state index contributed by atoms with van der Waals surface area (Å²) in [5.41, 5.74) is 0. The fourth-order valence-electron chi connectivity index (χ4n) is 2.11. The van der Waals surface area contributed by atoms with Crippen LogP contribution in [0, 0.1) is 3.57 Å². The normalized spacial score (nSPS) is 12.6. The summed E-state index contributed by atoms with van der Waals surface area (Å²) in [4.78, 5) is 47.3. The fourth-order valence-corrected chi connectivity index (χ4v) is 5.25. The molecule has 0 amide bonds. The molecule has 0 unspecified atom stereocenters. The van der Waals surface area contributed by atoms with Gasteiger partial charge in [-0.15, -0.1) is 0 Å². The van der Waals surface area contributed by atoms with Crippen LogP contribution in [0.5, 0.6) is 11.5 Å². The first-order valence-corrected chi connectivity index (χ1v) is 12.3. The van der Waals surface area contributed by atoms with Crippen LogP contribution >= 0.6 is 20.6 Å². The van der Waals surface area contributed by atoms with E-state index in [2.05, 4.69) is 0 Å². The molecule has 0 spiro atoms. The van der Waals surface area contributed by atoms with Gasteiger partial charge in [0.1, 0.15) is 0 Å². The molecule has 1 rings (SSSR count). The first kappa shape index (κ1) is 26.5. The van der Waals surface area contributed by atoms with E-state index in [0.717, 1.165) is 0 Å². The molecular formula is C20H27IO10. The number of ether oxygens (including phenoxy) is 4. The van der Waals surface area contributed by atoms with Crippen molar-refractivity contribution < 1.29 is 44.3 Å². The Bertz CT molecular complexity index is 734.